The van der Waals surface area contributed by atoms with Crippen molar-refractivity contribution < 1.29 is 21.5 Å². The molecule has 0 atom stereocenters. The maximum absolute atomic E-state index is 11.5. The average Bonchev–Trinajstić information content (AvgIpc) is 1.62. The van der Waals surface area contributed by atoms with Crippen molar-refractivity contribution in [2.45, 2.75) is 0 Å². The van der Waals surface area contributed by atoms with Gasteiger partial charge in [0.15, 0.2) is 5.75 Å². The Morgan fingerprint density at radius 1 is 1.67 bits per heavy atom. The molecule has 0 aromatic carbocycles. The lowest BCUT2D eigenvalue weighted by Crippen LogP contribution is -2.13. The second-order valence-corrected chi connectivity index (χ2v) is 3.03. The topological polar surface area (TPSA) is 60.4 Å². The Morgan fingerprint density at radius 3 is 2.22 bits per heavy atom. The molecule has 0 aliphatic rings. The first-order chi connectivity index (χ1) is 3.95. The van der Waals surface area contributed by atoms with Crippen LogP contribution in [-0.2, 0) is 19.4 Å². The molecule has 0 aliphatic carbocycles. The summed E-state index contributed by atoms with van der Waals surface area (Å²) >= 11 is 0. The van der Waals surface area contributed by atoms with Crippen LogP contribution in [0.3, 0.4) is 0 Å². The molecule has 0 rings (SSSR count). The normalized spacial score (nSPS) is 11.2. The van der Waals surface area contributed by atoms with Crippen molar-refractivity contribution in [1.82, 2.24) is 0 Å². The fraction of sp³-hybridized carbons (Fsp3) is 0.500. The summed E-state index contributed by atoms with van der Waals surface area (Å²) in [5.41, 5.74) is 0. The van der Waals surface area contributed by atoms with Gasteiger partial charge in [0.1, 0.15) is 0 Å². The lowest BCUT2D eigenvalue weighted by atomic mass is 10.8. The first-order valence-corrected chi connectivity index (χ1v) is 4.32. The fourth-order valence-corrected chi connectivity index (χ4v) is 0.953. The van der Waals surface area contributed by atoms with Crippen LogP contribution in [-0.4, -0.2) is 30.6 Å². The highest BCUT2D eigenvalue weighted by Crippen LogP contribution is 1.90. The third kappa shape index (κ3) is 5.44. The van der Waals surface area contributed by atoms with E-state index in [1.54, 1.807) is 0 Å². The van der Waals surface area contributed by atoms with Gasteiger partial charge in [-0.3, -0.25) is 4.79 Å². The summed E-state index contributed by atoms with van der Waals surface area (Å²) in [5.74, 6) is -2.21. The first-order valence-electron chi connectivity index (χ1n) is 1.95. The lowest BCUT2D eigenvalue weighted by molar-refractivity contribution is -0.131. The molecule has 0 unspecified atom stereocenters. The van der Waals surface area contributed by atoms with E-state index < -0.39 is 21.9 Å². The third-order valence-corrected chi connectivity index (χ3v) is 1.55. The highest BCUT2D eigenvalue weighted by molar-refractivity contribution is 7.87. The van der Waals surface area contributed by atoms with Gasteiger partial charge in [-0.15, -0.1) is 3.89 Å². The molecule has 0 N–H and O–H groups in total. The molecule has 0 aromatic rings. The molecule has 0 bridgehead atoms. The van der Waals surface area contributed by atoms with Crippen molar-refractivity contribution in [1.29, 1.82) is 0 Å². The number of hydrogen-bond donors (Lipinski definition) is 0. The summed E-state index contributed by atoms with van der Waals surface area (Å²) < 4.78 is 34.8. The molecule has 0 aliphatic heterocycles. The highest BCUT2D eigenvalue weighted by Gasteiger charge is 2.13. The van der Waals surface area contributed by atoms with Gasteiger partial charge in [-0.1, -0.05) is 0 Å². The molecule has 0 radical (unpaired) electrons. The van der Waals surface area contributed by atoms with Gasteiger partial charge in [0.05, 0.1) is 0 Å². The van der Waals surface area contributed by atoms with Gasteiger partial charge in [-0.2, -0.15) is 8.42 Å². The number of carbonyl (C=O) groups excluding carboxylic acids is 1. The van der Waals surface area contributed by atoms with E-state index in [-0.39, 0.29) is 10.5 Å². The van der Waals surface area contributed by atoms with E-state index in [1.807, 2.05) is 0 Å². The van der Waals surface area contributed by atoms with E-state index in [4.69, 9.17) is 0 Å². The Kier molecular flexibility index (Phi) is 2.78. The van der Waals surface area contributed by atoms with Gasteiger partial charge in [0.2, 0.25) is 10.5 Å². The zero-order valence-corrected chi connectivity index (χ0v) is 7.44. The van der Waals surface area contributed by atoms with E-state index in [9.17, 15) is 17.1 Å². The highest BCUT2D eigenvalue weighted by atomic mass is 32.3. The van der Waals surface area contributed by atoms with E-state index >= 15 is 0 Å². The summed E-state index contributed by atoms with van der Waals surface area (Å²) in [4.78, 5) is 10.0. The van der Waals surface area contributed by atoms with Crippen molar-refractivity contribution in [3.8, 4) is 0 Å². The molecule has 0 saturated heterocycles. The van der Waals surface area contributed by atoms with Crippen LogP contribution in [0, 0.1) is 0 Å². The quantitative estimate of drug-likeness (QED) is 0.361. The molecule has 0 fully saturated rings. The molecule has 0 amide bonds. The second kappa shape index (κ2) is 2.92. The SMILES string of the molecule is O=C(CS(=O)(=O)F)O[SiH3]. The molecular weight excluding hydrogens is 167 g/mol. The van der Waals surface area contributed by atoms with E-state index in [0.717, 1.165) is 0 Å². The van der Waals surface area contributed by atoms with Crippen molar-refractivity contribution in [3.05, 3.63) is 0 Å². The van der Waals surface area contributed by atoms with Crippen LogP contribution in [0.5, 0.6) is 0 Å². The molecule has 9 heavy (non-hydrogen) atoms. The van der Waals surface area contributed by atoms with Crippen LogP contribution in [0.15, 0.2) is 0 Å². The Hall–Kier alpha value is -0.433. The predicted molar refractivity (Wildman–Crippen MR) is 30.9 cm³/mol. The minimum atomic E-state index is -4.69. The van der Waals surface area contributed by atoms with Gasteiger partial charge in [-0.25, -0.2) is 0 Å². The van der Waals surface area contributed by atoms with Gasteiger partial charge < -0.3 is 4.43 Å². The van der Waals surface area contributed by atoms with Crippen LogP contribution < -0.4 is 0 Å². The van der Waals surface area contributed by atoms with Crippen LogP contribution >= 0.6 is 0 Å². The first kappa shape index (κ1) is 8.57. The average molecular weight is 172 g/mol. The molecular formula is C2H5FO4SSi. The number of carbonyl (C=O) groups is 1. The summed E-state index contributed by atoms with van der Waals surface area (Å²) in [6.45, 7) is 0. The number of rotatable bonds is 2. The molecule has 0 spiro atoms. The van der Waals surface area contributed by atoms with Crippen molar-refractivity contribution in [2.24, 2.45) is 0 Å². The predicted octanol–water partition coefficient (Wildman–Crippen LogP) is -1.89. The Bertz CT molecular complexity index is 197. The monoisotopic (exact) mass is 172 g/mol. The Labute approximate surface area is 54.8 Å². The number of hydrogen-bond acceptors (Lipinski definition) is 4. The summed E-state index contributed by atoms with van der Waals surface area (Å²) in [6.07, 6.45) is 0. The maximum atomic E-state index is 11.5. The lowest BCUT2D eigenvalue weighted by Gasteiger charge is -1.92. The minimum Gasteiger partial charge on any atom is -0.528 e. The maximum Gasteiger partial charge on any atom is 0.313 e. The van der Waals surface area contributed by atoms with Crippen molar-refractivity contribution in [2.75, 3.05) is 5.75 Å². The molecule has 7 heteroatoms. The van der Waals surface area contributed by atoms with Gasteiger partial charge in [0.25, 0.3) is 0 Å². The summed E-state index contributed by atoms with van der Waals surface area (Å²) in [6, 6.07) is 0. The molecule has 54 valence electrons. The van der Waals surface area contributed by atoms with Crippen LogP contribution in [0.1, 0.15) is 0 Å². The Balaban J connectivity index is 3.91. The minimum absolute atomic E-state index is 0.0855. The van der Waals surface area contributed by atoms with Crippen LogP contribution in [0.4, 0.5) is 3.89 Å². The second-order valence-electron chi connectivity index (χ2n) is 1.26. The van der Waals surface area contributed by atoms with Gasteiger partial charge in [-0.05, 0) is 0 Å². The van der Waals surface area contributed by atoms with E-state index in [0.29, 0.717) is 0 Å². The third-order valence-electron chi connectivity index (χ3n) is 0.518. The summed E-state index contributed by atoms with van der Waals surface area (Å²) in [7, 11) is -4.60. The molecule has 4 nitrogen and oxygen atoms in total. The zero-order valence-electron chi connectivity index (χ0n) is 4.63. The van der Waals surface area contributed by atoms with Gasteiger partial charge in [0, 0.05) is 0 Å². The summed E-state index contributed by atoms with van der Waals surface area (Å²) in [5, 5.41) is 0. The van der Waals surface area contributed by atoms with E-state index in [2.05, 4.69) is 4.43 Å². The molecule has 0 saturated carbocycles. The molecule has 0 heterocycles. The van der Waals surface area contributed by atoms with Crippen LogP contribution in [0.2, 0.25) is 0 Å². The van der Waals surface area contributed by atoms with Crippen molar-refractivity contribution in [3.63, 3.8) is 0 Å². The largest absolute Gasteiger partial charge is 0.528 e. The Morgan fingerprint density at radius 2 is 2.11 bits per heavy atom. The van der Waals surface area contributed by atoms with Crippen molar-refractivity contribution >= 4 is 26.7 Å². The van der Waals surface area contributed by atoms with E-state index in [1.165, 1.54) is 0 Å². The van der Waals surface area contributed by atoms with Crippen LogP contribution in [0.25, 0.3) is 0 Å². The number of halogens is 1. The van der Waals surface area contributed by atoms with Gasteiger partial charge >= 0.3 is 16.2 Å². The zero-order chi connectivity index (χ0) is 7.49. The fourth-order valence-electron chi connectivity index (χ4n) is 0.200. The molecule has 0 aromatic heterocycles. The smallest absolute Gasteiger partial charge is 0.313 e. The standard InChI is InChI=1S/C2H5FO4SSi/c3-8(5,6)1-2(4)7-9/h1H2,9H3.